The summed E-state index contributed by atoms with van der Waals surface area (Å²) in [7, 11) is 1.65. The fourth-order valence-electron chi connectivity index (χ4n) is 4.47. The summed E-state index contributed by atoms with van der Waals surface area (Å²) in [5.41, 5.74) is 2.14. The highest BCUT2D eigenvalue weighted by Crippen LogP contribution is 2.48. The zero-order chi connectivity index (χ0) is 21.1. The summed E-state index contributed by atoms with van der Waals surface area (Å²) in [6.45, 7) is 4.02. The van der Waals surface area contributed by atoms with Gasteiger partial charge in [-0.15, -0.1) is 0 Å². The molecule has 7 heteroatoms. The van der Waals surface area contributed by atoms with Crippen molar-refractivity contribution in [1.82, 2.24) is 4.90 Å². The van der Waals surface area contributed by atoms with Gasteiger partial charge in [0.05, 0.1) is 19.6 Å². The van der Waals surface area contributed by atoms with E-state index in [0.717, 1.165) is 46.8 Å². The molecule has 0 aromatic heterocycles. The standard InChI is InChI=1S/C23H26BrNO5/c1-3-28-23(26)21-18(16-6-9-19-20(12-16)30-14-29-19)13-25(11-10-24)22(21)15-4-7-17(27-2)8-5-15/h4-9,12,18,21-22H,3,10-11,13-14H2,1-2H3/t18-,21+,22-/m1/s1. The third-order valence-corrected chi connectivity index (χ3v) is 6.17. The van der Waals surface area contributed by atoms with Crippen molar-refractivity contribution in [2.24, 2.45) is 5.92 Å². The van der Waals surface area contributed by atoms with Crippen molar-refractivity contribution in [3.63, 3.8) is 0 Å². The SMILES string of the molecule is CCOC(=O)[C@H]1[C@@H](c2ccc3c(c2)OCO3)CN(CCBr)[C@@H]1c1ccc(OC)cc1. The van der Waals surface area contributed by atoms with Crippen LogP contribution in [-0.4, -0.2) is 49.8 Å². The van der Waals surface area contributed by atoms with Gasteiger partial charge in [0.15, 0.2) is 11.5 Å². The average Bonchev–Trinajstić information content (AvgIpc) is 3.38. The zero-order valence-electron chi connectivity index (χ0n) is 17.2. The molecule has 3 atom stereocenters. The highest BCUT2D eigenvalue weighted by Gasteiger charge is 2.48. The van der Waals surface area contributed by atoms with Crippen LogP contribution in [0.2, 0.25) is 0 Å². The summed E-state index contributed by atoms with van der Waals surface area (Å²) >= 11 is 3.57. The quantitative estimate of drug-likeness (QED) is 0.443. The Morgan fingerprint density at radius 2 is 1.87 bits per heavy atom. The molecule has 30 heavy (non-hydrogen) atoms. The van der Waals surface area contributed by atoms with Gasteiger partial charge >= 0.3 is 5.97 Å². The monoisotopic (exact) mass is 475 g/mol. The van der Waals surface area contributed by atoms with E-state index in [1.54, 1.807) is 7.11 Å². The van der Waals surface area contributed by atoms with Crippen LogP contribution in [0.4, 0.5) is 0 Å². The van der Waals surface area contributed by atoms with Gasteiger partial charge in [0.2, 0.25) is 6.79 Å². The number of halogens is 1. The summed E-state index contributed by atoms with van der Waals surface area (Å²) in [5, 5.41) is 0.822. The molecule has 2 aliphatic rings. The van der Waals surface area contributed by atoms with Gasteiger partial charge < -0.3 is 18.9 Å². The van der Waals surface area contributed by atoms with E-state index in [2.05, 4.69) is 20.8 Å². The molecule has 2 aliphatic heterocycles. The van der Waals surface area contributed by atoms with Crippen LogP contribution >= 0.6 is 15.9 Å². The van der Waals surface area contributed by atoms with Crippen molar-refractivity contribution >= 4 is 21.9 Å². The van der Waals surface area contributed by atoms with Crippen LogP contribution in [0.15, 0.2) is 42.5 Å². The normalized spacial score (nSPS) is 22.8. The molecular weight excluding hydrogens is 450 g/mol. The van der Waals surface area contributed by atoms with E-state index in [1.165, 1.54) is 0 Å². The molecule has 0 radical (unpaired) electrons. The molecule has 0 unspecified atom stereocenters. The van der Waals surface area contributed by atoms with Crippen molar-refractivity contribution in [2.45, 2.75) is 18.9 Å². The third kappa shape index (κ3) is 4.01. The number of likely N-dealkylation sites (tertiary alicyclic amines) is 1. The minimum absolute atomic E-state index is 0.00954. The molecule has 160 valence electrons. The molecule has 0 bridgehead atoms. The Hall–Kier alpha value is -2.25. The Labute approximate surface area is 185 Å². The van der Waals surface area contributed by atoms with Crippen LogP contribution in [-0.2, 0) is 9.53 Å². The second kappa shape index (κ2) is 9.27. The van der Waals surface area contributed by atoms with Crippen LogP contribution < -0.4 is 14.2 Å². The number of hydrogen-bond donors (Lipinski definition) is 0. The molecule has 2 aromatic rings. The predicted molar refractivity (Wildman–Crippen MR) is 117 cm³/mol. The number of fused-ring (bicyclic) bond motifs is 1. The molecule has 0 N–H and O–H groups in total. The molecule has 6 nitrogen and oxygen atoms in total. The lowest BCUT2D eigenvalue weighted by molar-refractivity contribution is -0.149. The molecular formula is C23H26BrNO5. The summed E-state index contributed by atoms with van der Waals surface area (Å²) in [6, 6.07) is 13.8. The molecule has 1 fully saturated rings. The van der Waals surface area contributed by atoms with Crippen LogP contribution in [0.25, 0.3) is 0 Å². The van der Waals surface area contributed by atoms with E-state index in [1.807, 2.05) is 49.4 Å². The number of rotatable bonds is 7. The maximum Gasteiger partial charge on any atom is 0.311 e. The first-order chi connectivity index (χ1) is 14.7. The van der Waals surface area contributed by atoms with Gasteiger partial charge in [-0.3, -0.25) is 9.69 Å². The summed E-state index contributed by atoms with van der Waals surface area (Å²) in [6.07, 6.45) is 0. The molecule has 0 aliphatic carbocycles. The molecule has 0 amide bonds. The van der Waals surface area contributed by atoms with Gasteiger partial charge in [-0.05, 0) is 42.3 Å². The van der Waals surface area contributed by atoms with Gasteiger partial charge in [0.25, 0.3) is 0 Å². The number of methoxy groups -OCH3 is 1. The van der Waals surface area contributed by atoms with Crippen LogP contribution in [0.3, 0.4) is 0 Å². The summed E-state index contributed by atoms with van der Waals surface area (Å²) in [4.78, 5) is 15.5. The maximum absolute atomic E-state index is 13.2. The van der Waals surface area contributed by atoms with Crippen molar-refractivity contribution in [3.8, 4) is 17.2 Å². The molecule has 2 aromatic carbocycles. The topological polar surface area (TPSA) is 57.2 Å². The molecule has 4 rings (SSSR count). The Balaban J connectivity index is 1.74. The van der Waals surface area contributed by atoms with Gasteiger partial charge in [-0.1, -0.05) is 34.1 Å². The third-order valence-electron chi connectivity index (χ3n) is 5.81. The lowest BCUT2D eigenvalue weighted by Crippen LogP contribution is -2.31. The van der Waals surface area contributed by atoms with Crippen LogP contribution in [0.1, 0.15) is 30.0 Å². The molecule has 1 saturated heterocycles. The molecule has 2 heterocycles. The number of benzene rings is 2. The van der Waals surface area contributed by atoms with Gasteiger partial charge in [0.1, 0.15) is 5.75 Å². The van der Waals surface area contributed by atoms with Crippen LogP contribution in [0, 0.1) is 5.92 Å². The van der Waals surface area contributed by atoms with Crippen molar-refractivity contribution < 1.29 is 23.7 Å². The smallest absolute Gasteiger partial charge is 0.311 e. The second-order valence-electron chi connectivity index (χ2n) is 7.40. The zero-order valence-corrected chi connectivity index (χ0v) is 18.8. The number of carbonyl (C=O) groups is 1. The van der Waals surface area contributed by atoms with E-state index < -0.39 is 0 Å². The number of alkyl halides is 1. The van der Waals surface area contributed by atoms with Gasteiger partial charge in [0, 0.05) is 30.4 Å². The van der Waals surface area contributed by atoms with Crippen molar-refractivity contribution in [2.75, 3.05) is 38.9 Å². The van der Waals surface area contributed by atoms with Gasteiger partial charge in [-0.25, -0.2) is 0 Å². The first kappa shape index (κ1) is 21.0. The fourth-order valence-corrected chi connectivity index (χ4v) is 4.93. The Kier molecular flexibility index (Phi) is 6.49. The Morgan fingerprint density at radius 3 is 2.57 bits per heavy atom. The van der Waals surface area contributed by atoms with Crippen molar-refractivity contribution in [1.29, 1.82) is 0 Å². The summed E-state index contributed by atoms with van der Waals surface area (Å²) in [5.74, 6) is 1.77. The second-order valence-corrected chi connectivity index (χ2v) is 8.19. The maximum atomic E-state index is 13.2. The minimum Gasteiger partial charge on any atom is -0.497 e. The van der Waals surface area contributed by atoms with E-state index in [4.69, 9.17) is 18.9 Å². The number of carbonyl (C=O) groups excluding carboxylic acids is 1. The van der Waals surface area contributed by atoms with Crippen molar-refractivity contribution in [3.05, 3.63) is 53.6 Å². The predicted octanol–water partition coefficient (Wildman–Crippen LogP) is 4.14. The largest absolute Gasteiger partial charge is 0.497 e. The summed E-state index contributed by atoms with van der Waals surface area (Å²) < 4.78 is 21.9. The Morgan fingerprint density at radius 1 is 1.13 bits per heavy atom. The lowest BCUT2D eigenvalue weighted by Gasteiger charge is -2.28. The fraction of sp³-hybridized carbons (Fsp3) is 0.435. The number of nitrogens with zero attached hydrogens (tertiary/aromatic N) is 1. The van der Waals surface area contributed by atoms with E-state index in [9.17, 15) is 4.79 Å². The first-order valence-corrected chi connectivity index (χ1v) is 11.3. The van der Waals surface area contributed by atoms with E-state index in [0.29, 0.717) is 6.61 Å². The molecule has 0 saturated carbocycles. The highest BCUT2D eigenvalue weighted by molar-refractivity contribution is 9.09. The highest BCUT2D eigenvalue weighted by atomic mass is 79.9. The van der Waals surface area contributed by atoms with E-state index in [-0.39, 0.29) is 30.6 Å². The average molecular weight is 476 g/mol. The first-order valence-electron chi connectivity index (χ1n) is 10.2. The lowest BCUT2D eigenvalue weighted by atomic mass is 9.82. The molecule has 0 spiro atoms. The van der Waals surface area contributed by atoms with Gasteiger partial charge in [-0.2, -0.15) is 0 Å². The number of esters is 1. The number of hydrogen-bond acceptors (Lipinski definition) is 6. The van der Waals surface area contributed by atoms with E-state index >= 15 is 0 Å². The number of ether oxygens (including phenoxy) is 4. The Bertz CT molecular complexity index is 888. The van der Waals surface area contributed by atoms with Crippen LogP contribution in [0.5, 0.6) is 17.2 Å². The minimum atomic E-state index is -0.322.